The van der Waals surface area contributed by atoms with E-state index in [2.05, 4.69) is 31.7 Å². The molecule has 0 aliphatic carbocycles. The molecular formula is C19H28O2. The monoisotopic (exact) mass is 288 g/mol. The molecule has 21 heavy (non-hydrogen) atoms. The third-order valence-corrected chi connectivity index (χ3v) is 3.95. The summed E-state index contributed by atoms with van der Waals surface area (Å²) in [5, 5.41) is 0. The van der Waals surface area contributed by atoms with Crippen LogP contribution in [-0.2, 0) is 11.2 Å². The van der Waals surface area contributed by atoms with Crippen LogP contribution in [0.4, 0.5) is 0 Å². The van der Waals surface area contributed by atoms with E-state index in [4.69, 9.17) is 9.47 Å². The minimum Gasteiger partial charge on any atom is -0.490 e. The van der Waals surface area contributed by atoms with Gasteiger partial charge in [0.25, 0.3) is 0 Å². The molecule has 1 fully saturated rings. The summed E-state index contributed by atoms with van der Waals surface area (Å²) in [5.74, 6) is 0.968. The van der Waals surface area contributed by atoms with Crippen molar-refractivity contribution >= 4 is 0 Å². The molecule has 0 amide bonds. The number of hydrogen-bond donors (Lipinski definition) is 0. The lowest BCUT2D eigenvalue weighted by Crippen LogP contribution is -2.16. The molecule has 0 N–H and O–H groups in total. The van der Waals surface area contributed by atoms with E-state index in [1.165, 1.54) is 37.7 Å². The number of aryl methyl sites for hydroxylation is 1. The Hall–Kier alpha value is -1.28. The maximum absolute atomic E-state index is 5.81. The Morgan fingerprint density at radius 2 is 2.00 bits per heavy atom. The van der Waals surface area contributed by atoms with Crippen LogP contribution < -0.4 is 4.74 Å². The third kappa shape index (κ3) is 6.34. The average molecular weight is 288 g/mol. The second-order valence-electron chi connectivity index (χ2n) is 6.27. The van der Waals surface area contributed by atoms with E-state index in [1.807, 2.05) is 12.1 Å². The van der Waals surface area contributed by atoms with Crippen molar-refractivity contribution in [2.45, 2.75) is 57.5 Å². The number of ether oxygens (including phenoxy) is 2. The summed E-state index contributed by atoms with van der Waals surface area (Å²) < 4.78 is 11.1. The molecule has 1 heterocycles. The van der Waals surface area contributed by atoms with E-state index in [-0.39, 0.29) is 5.60 Å². The summed E-state index contributed by atoms with van der Waals surface area (Å²) in [7, 11) is 0. The van der Waals surface area contributed by atoms with Crippen molar-refractivity contribution in [3.8, 4) is 5.75 Å². The standard InChI is InChI=1S/C19H28O2/c1-3-4-5-6-7-8-9-11-17-12-10-13-18(14-17)20-15-19(2)16-21-19/h3,10,12-14H,1,4-9,11,15-16H2,2H3. The molecular weight excluding hydrogens is 260 g/mol. The summed E-state index contributed by atoms with van der Waals surface area (Å²) in [6, 6.07) is 8.48. The van der Waals surface area contributed by atoms with Gasteiger partial charge in [0.05, 0.1) is 6.61 Å². The molecule has 0 bridgehead atoms. The van der Waals surface area contributed by atoms with Crippen molar-refractivity contribution in [2.75, 3.05) is 13.2 Å². The molecule has 1 aliphatic rings. The zero-order valence-electron chi connectivity index (χ0n) is 13.3. The maximum atomic E-state index is 5.81. The van der Waals surface area contributed by atoms with Crippen LogP contribution >= 0.6 is 0 Å². The van der Waals surface area contributed by atoms with E-state index in [9.17, 15) is 0 Å². The first-order chi connectivity index (χ1) is 10.2. The molecule has 116 valence electrons. The molecule has 2 rings (SSSR count). The summed E-state index contributed by atoms with van der Waals surface area (Å²) in [5.41, 5.74) is 1.34. The van der Waals surface area contributed by atoms with Gasteiger partial charge in [0.2, 0.25) is 0 Å². The number of unbranched alkanes of at least 4 members (excludes halogenated alkanes) is 5. The number of rotatable bonds is 11. The molecule has 0 radical (unpaired) electrons. The molecule has 1 unspecified atom stereocenters. The zero-order valence-corrected chi connectivity index (χ0v) is 13.3. The van der Waals surface area contributed by atoms with E-state index in [1.54, 1.807) is 0 Å². The molecule has 2 heteroatoms. The molecule has 1 aromatic rings. The van der Waals surface area contributed by atoms with Crippen molar-refractivity contribution < 1.29 is 9.47 Å². The number of epoxide rings is 1. The molecule has 1 aromatic carbocycles. The molecule has 2 nitrogen and oxygen atoms in total. The lowest BCUT2D eigenvalue weighted by molar-refractivity contribution is 0.202. The molecule has 1 atom stereocenters. The average Bonchev–Trinajstić information content (AvgIpc) is 3.23. The predicted octanol–water partition coefficient (Wildman–Crippen LogP) is 4.92. The number of allylic oxidation sites excluding steroid dienone is 1. The second kappa shape index (κ2) is 8.23. The van der Waals surface area contributed by atoms with E-state index >= 15 is 0 Å². The quantitative estimate of drug-likeness (QED) is 0.327. The van der Waals surface area contributed by atoms with E-state index in [0.29, 0.717) is 6.61 Å². The fourth-order valence-electron chi connectivity index (χ4n) is 2.38. The SMILES string of the molecule is C=CCCCCCCCc1cccc(OCC2(C)CO2)c1. The fourth-order valence-corrected chi connectivity index (χ4v) is 2.38. The Balaban J connectivity index is 1.62. The first kappa shape index (κ1) is 16.1. The Labute approximate surface area is 129 Å². The highest BCUT2D eigenvalue weighted by molar-refractivity contribution is 5.28. The van der Waals surface area contributed by atoms with Crippen LogP contribution in [0.2, 0.25) is 0 Å². The van der Waals surface area contributed by atoms with Gasteiger partial charge >= 0.3 is 0 Å². The first-order valence-electron chi connectivity index (χ1n) is 8.18. The normalized spacial score (nSPS) is 20.2. The molecule has 1 aliphatic heterocycles. The van der Waals surface area contributed by atoms with Gasteiger partial charge in [-0.1, -0.05) is 37.5 Å². The van der Waals surface area contributed by atoms with Crippen LogP contribution in [0.1, 0.15) is 51.0 Å². The smallest absolute Gasteiger partial charge is 0.123 e. The summed E-state index contributed by atoms with van der Waals surface area (Å²) in [6.45, 7) is 7.31. The van der Waals surface area contributed by atoms with E-state index < -0.39 is 0 Å². The highest BCUT2D eigenvalue weighted by Crippen LogP contribution is 2.27. The minimum atomic E-state index is -0.0402. The Kier molecular flexibility index (Phi) is 6.31. The van der Waals surface area contributed by atoms with Gasteiger partial charge in [-0.05, 0) is 50.3 Å². The first-order valence-corrected chi connectivity index (χ1v) is 8.18. The number of benzene rings is 1. The summed E-state index contributed by atoms with van der Waals surface area (Å²) >= 11 is 0. The topological polar surface area (TPSA) is 21.8 Å². The fraction of sp³-hybridized carbons (Fsp3) is 0.579. The molecule has 0 saturated carbocycles. The molecule has 1 saturated heterocycles. The van der Waals surface area contributed by atoms with Gasteiger partial charge in [0, 0.05) is 0 Å². The predicted molar refractivity (Wildman–Crippen MR) is 87.9 cm³/mol. The van der Waals surface area contributed by atoms with Crippen LogP contribution in [-0.4, -0.2) is 18.8 Å². The van der Waals surface area contributed by atoms with E-state index in [0.717, 1.165) is 25.2 Å². The Bertz CT molecular complexity index is 435. The van der Waals surface area contributed by atoms with Gasteiger partial charge in [-0.2, -0.15) is 0 Å². The van der Waals surface area contributed by atoms with Crippen LogP contribution in [0, 0.1) is 0 Å². The largest absolute Gasteiger partial charge is 0.490 e. The van der Waals surface area contributed by atoms with Gasteiger partial charge in [-0.25, -0.2) is 0 Å². The van der Waals surface area contributed by atoms with Crippen molar-refractivity contribution in [2.24, 2.45) is 0 Å². The summed E-state index contributed by atoms with van der Waals surface area (Å²) in [6.07, 6.45) is 10.8. The van der Waals surface area contributed by atoms with Gasteiger partial charge < -0.3 is 9.47 Å². The number of hydrogen-bond acceptors (Lipinski definition) is 2. The van der Waals surface area contributed by atoms with Crippen LogP contribution in [0.15, 0.2) is 36.9 Å². The molecule has 0 spiro atoms. The highest BCUT2D eigenvalue weighted by Gasteiger charge is 2.40. The van der Waals surface area contributed by atoms with Gasteiger partial charge in [0.1, 0.15) is 18.0 Å². The van der Waals surface area contributed by atoms with Crippen LogP contribution in [0.25, 0.3) is 0 Å². The summed E-state index contributed by atoms with van der Waals surface area (Å²) in [4.78, 5) is 0. The minimum absolute atomic E-state index is 0.0402. The van der Waals surface area contributed by atoms with Gasteiger partial charge in [-0.15, -0.1) is 6.58 Å². The Morgan fingerprint density at radius 1 is 1.24 bits per heavy atom. The second-order valence-corrected chi connectivity index (χ2v) is 6.27. The lowest BCUT2D eigenvalue weighted by Gasteiger charge is -2.10. The van der Waals surface area contributed by atoms with Crippen LogP contribution in [0.5, 0.6) is 5.75 Å². The van der Waals surface area contributed by atoms with Crippen molar-refractivity contribution in [1.82, 2.24) is 0 Å². The maximum Gasteiger partial charge on any atom is 0.123 e. The Morgan fingerprint density at radius 3 is 2.76 bits per heavy atom. The van der Waals surface area contributed by atoms with Gasteiger partial charge in [-0.3, -0.25) is 0 Å². The van der Waals surface area contributed by atoms with Crippen molar-refractivity contribution in [3.63, 3.8) is 0 Å². The van der Waals surface area contributed by atoms with Crippen molar-refractivity contribution in [3.05, 3.63) is 42.5 Å². The highest BCUT2D eigenvalue weighted by atomic mass is 16.6. The van der Waals surface area contributed by atoms with Crippen LogP contribution in [0.3, 0.4) is 0 Å². The third-order valence-electron chi connectivity index (χ3n) is 3.95. The molecule has 0 aromatic heterocycles. The van der Waals surface area contributed by atoms with Crippen molar-refractivity contribution in [1.29, 1.82) is 0 Å². The lowest BCUT2D eigenvalue weighted by atomic mass is 10.0. The zero-order chi connectivity index (χ0) is 15.0. The van der Waals surface area contributed by atoms with Gasteiger partial charge in [0.15, 0.2) is 0 Å².